The summed E-state index contributed by atoms with van der Waals surface area (Å²) < 4.78 is 5.64. The Morgan fingerprint density at radius 2 is 2.38 bits per heavy atom. The molecule has 3 unspecified atom stereocenters. The molecule has 1 aliphatic carbocycles. The predicted octanol–water partition coefficient (Wildman–Crippen LogP) is 2.03. The molecule has 0 amide bonds. The van der Waals surface area contributed by atoms with E-state index in [2.05, 4.69) is 13.0 Å². The highest BCUT2D eigenvalue weighted by atomic mass is 16.5. The van der Waals surface area contributed by atoms with E-state index in [1.807, 2.05) is 0 Å². The van der Waals surface area contributed by atoms with Gasteiger partial charge in [-0.3, -0.25) is 0 Å². The summed E-state index contributed by atoms with van der Waals surface area (Å²) in [6.45, 7) is 2.08. The summed E-state index contributed by atoms with van der Waals surface area (Å²) in [6.07, 6.45) is 7.76. The first-order valence-corrected chi connectivity index (χ1v) is 5.30. The molecule has 2 nitrogen and oxygen atoms in total. The van der Waals surface area contributed by atoms with Crippen LogP contribution in [0.5, 0.6) is 0 Å². The number of hydrogen-bond donors (Lipinski definition) is 1. The molecule has 0 radical (unpaired) electrons. The first-order valence-electron chi connectivity index (χ1n) is 5.30. The van der Waals surface area contributed by atoms with Gasteiger partial charge >= 0.3 is 0 Å². The van der Waals surface area contributed by atoms with Crippen molar-refractivity contribution in [2.24, 2.45) is 0 Å². The van der Waals surface area contributed by atoms with Crippen molar-refractivity contribution in [3.63, 3.8) is 0 Å². The molecule has 13 heavy (non-hydrogen) atoms. The van der Waals surface area contributed by atoms with Crippen LogP contribution in [-0.2, 0) is 4.74 Å². The molecule has 2 rings (SSSR count). The molecule has 0 aromatic rings. The summed E-state index contributed by atoms with van der Waals surface area (Å²) in [6, 6.07) is 0. The molecule has 2 heteroatoms. The van der Waals surface area contributed by atoms with Crippen LogP contribution in [0.4, 0.5) is 0 Å². The number of rotatable bonds is 2. The standard InChI is InChI=1S/C11H18O2/c1-8-6-7-10(13-8)11(12)9-4-2-3-5-9/h4,8,10-12H,2-3,5-7H2,1H3. The fourth-order valence-corrected chi connectivity index (χ4v) is 2.27. The molecule has 2 aliphatic rings. The molecule has 1 saturated heterocycles. The van der Waals surface area contributed by atoms with Crippen LogP contribution in [0.15, 0.2) is 11.6 Å². The van der Waals surface area contributed by atoms with Crippen molar-refractivity contribution in [1.29, 1.82) is 0 Å². The predicted molar refractivity (Wildman–Crippen MR) is 51.5 cm³/mol. The summed E-state index contributed by atoms with van der Waals surface area (Å²) in [5.74, 6) is 0. The highest BCUT2D eigenvalue weighted by molar-refractivity contribution is 5.14. The lowest BCUT2D eigenvalue weighted by Gasteiger charge is -2.19. The zero-order valence-electron chi connectivity index (χ0n) is 8.20. The number of aliphatic hydroxyl groups is 1. The minimum absolute atomic E-state index is 0.0688. The molecule has 0 aromatic heterocycles. The van der Waals surface area contributed by atoms with Gasteiger partial charge in [-0.1, -0.05) is 6.08 Å². The van der Waals surface area contributed by atoms with Gasteiger partial charge in [0.2, 0.25) is 0 Å². The van der Waals surface area contributed by atoms with E-state index in [4.69, 9.17) is 4.74 Å². The summed E-state index contributed by atoms with van der Waals surface area (Å²) in [5, 5.41) is 9.97. The fourth-order valence-electron chi connectivity index (χ4n) is 2.27. The van der Waals surface area contributed by atoms with Crippen molar-refractivity contribution in [2.75, 3.05) is 0 Å². The molecule has 0 aromatic carbocycles. The van der Waals surface area contributed by atoms with Gasteiger partial charge in [0.05, 0.1) is 12.2 Å². The Bertz CT molecular complexity index is 210. The molecule has 1 fully saturated rings. The molecule has 0 spiro atoms. The van der Waals surface area contributed by atoms with Crippen molar-refractivity contribution < 1.29 is 9.84 Å². The smallest absolute Gasteiger partial charge is 0.101 e. The minimum atomic E-state index is -0.326. The fraction of sp³-hybridized carbons (Fsp3) is 0.818. The van der Waals surface area contributed by atoms with Crippen molar-refractivity contribution >= 4 is 0 Å². The molecule has 3 atom stereocenters. The lowest BCUT2D eigenvalue weighted by Crippen LogP contribution is -2.27. The van der Waals surface area contributed by atoms with E-state index in [0.29, 0.717) is 6.10 Å². The average Bonchev–Trinajstić information content (AvgIpc) is 2.72. The van der Waals surface area contributed by atoms with Crippen LogP contribution in [0.1, 0.15) is 39.0 Å². The molecule has 1 N–H and O–H groups in total. The van der Waals surface area contributed by atoms with Gasteiger partial charge in [-0.05, 0) is 44.6 Å². The van der Waals surface area contributed by atoms with Crippen molar-refractivity contribution in [2.45, 2.75) is 57.3 Å². The topological polar surface area (TPSA) is 29.5 Å². The average molecular weight is 182 g/mol. The van der Waals surface area contributed by atoms with Crippen LogP contribution in [-0.4, -0.2) is 23.4 Å². The molecule has 0 bridgehead atoms. The second kappa shape index (κ2) is 3.81. The first-order chi connectivity index (χ1) is 6.27. The Morgan fingerprint density at radius 3 is 2.92 bits per heavy atom. The lowest BCUT2D eigenvalue weighted by atomic mass is 10.0. The van der Waals surface area contributed by atoms with Crippen LogP contribution in [0, 0.1) is 0 Å². The number of aliphatic hydroxyl groups excluding tert-OH is 1. The Morgan fingerprint density at radius 1 is 1.54 bits per heavy atom. The van der Waals surface area contributed by atoms with Crippen LogP contribution in [0.3, 0.4) is 0 Å². The summed E-state index contributed by atoms with van der Waals surface area (Å²) in [5.41, 5.74) is 1.21. The second-order valence-corrected chi connectivity index (χ2v) is 4.18. The zero-order valence-corrected chi connectivity index (χ0v) is 8.20. The zero-order chi connectivity index (χ0) is 9.26. The quantitative estimate of drug-likeness (QED) is 0.662. The van der Waals surface area contributed by atoms with Crippen LogP contribution in [0.2, 0.25) is 0 Å². The van der Waals surface area contributed by atoms with E-state index in [9.17, 15) is 5.11 Å². The highest BCUT2D eigenvalue weighted by Crippen LogP contribution is 2.29. The maximum Gasteiger partial charge on any atom is 0.101 e. The molecular weight excluding hydrogens is 164 g/mol. The van der Waals surface area contributed by atoms with Crippen LogP contribution in [0.25, 0.3) is 0 Å². The van der Waals surface area contributed by atoms with Crippen molar-refractivity contribution in [1.82, 2.24) is 0 Å². The third kappa shape index (κ3) is 1.94. The summed E-state index contributed by atoms with van der Waals surface area (Å²) >= 11 is 0. The monoisotopic (exact) mass is 182 g/mol. The number of hydrogen-bond acceptors (Lipinski definition) is 2. The third-order valence-corrected chi connectivity index (χ3v) is 3.07. The van der Waals surface area contributed by atoms with E-state index < -0.39 is 0 Å². The third-order valence-electron chi connectivity index (χ3n) is 3.07. The van der Waals surface area contributed by atoms with Gasteiger partial charge in [0.1, 0.15) is 6.10 Å². The van der Waals surface area contributed by atoms with Gasteiger partial charge in [0, 0.05) is 0 Å². The molecule has 0 saturated carbocycles. The summed E-state index contributed by atoms with van der Waals surface area (Å²) in [7, 11) is 0. The van der Waals surface area contributed by atoms with E-state index in [1.54, 1.807) is 0 Å². The number of ether oxygens (including phenoxy) is 1. The Kier molecular flexibility index (Phi) is 2.70. The normalized spacial score (nSPS) is 36.3. The van der Waals surface area contributed by atoms with E-state index in [0.717, 1.165) is 25.7 Å². The number of allylic oxidation sites excluding steroid dienone is 1. The SMILES string of the molecule is CC1CCC(C(O)C2=CCCC2)O1. The van der Waals surface area contributed by atoms with E-state index in [-0.39, 0.29) is 12.2 Å². The first kappa shape index (κ1) is 9.22. The molecule has 1 heterocycles. The molecule has 74 valence electrons. The Hall–Kier alpha value is -0.340. The molecular formula is C11H18O2. The van der Waals surface area contributed by atoms with Gasteiger partial charge in [0.15, 0.2) is 0 Å². The van der Waals surface area contributed by atoms with Crippen molar-refractivity contribution in [3.05, 3.63) is 11.6 Å². The van der Waals surface area contributed by atoms with E-state index in [1.165, 1.54) is 12.0 Å². The van der Waals surface area contributed by atoms with Gasteiger partial charge in [-0.25, -0.2) is 0 Å². The van der Waals surface area contributed by atoms with E-state index >= 15 is 0 Å². The van der Waals surface area contributed by atoms with Gasteiger partial charge in [-0.15, -0.1) is 0 Å². The van der Waals surface area contributed by atoms with Gasteiger partial charge in [-0.2, -0.15) is 0 Å². The van der Waals surface area contributed by atoms with Crippen LogP contribution >= 0.6 is 0 Å². The van der Waals surface area contributed by atoms with Gasteiger partial charge < -0.3 is 9.84 Å². The maximum absolute atomic E-state index is 9.97. The summed E-state index contributed by atoms with van der Waals surface area (Å²) in [4.78, 5) is 0. The maximum atomic E-state index is 9.97. The van der Waals surface area contributed by atoms with Gasteiger partial charge in [0.25, 0.3) is 0 Å². The molecule has 1 aliphatic heterocycles. The van der Waals surface area contributed by atoms with Crippen molar-refractivity contribution in [3.8, 4) is 0 Å². The largest absolute Gasteiger partial charge is 0.386 e. The highest BCUT2D eigenvalue weighted by Gasteiger charge is 2.30. The van der Waals surface area contributed by atoms with Crippen LogP contribution < -0.4 is 0 Å². The Balaban J connectivity index is 1.92. The Labute approximate surface area is 79.6 Å². The minimum Gasteiger partial charge on any atom is -0.386 e. The second-order valence-electron chi connectivity index (χ2n) is 4.18. The lowest BCUT2D eigenvalue weighted by molar-refractivity contribution is -0.0140.